The van der Waals surface area contributed by atoms with Crippen LogP contribution in [-0.4, -0.2) is 20.9 Å². The van der Waals surface area contributed by atoms with Gasteiger partial charge < -0.3 is 5.11 Å². The second-order valence-electron chi connectivity index (χ2n) is 4.05. The van der Waals surface area contributed by atoms with Crippen molar-refractivity contribution < 1.29 is 23.1 Å². The predicted molar refractivity (Wildman–Crippen MR) is 70.2 cm³/mol. The van der Waals surface area contributed by atoms with E-state index in [-0.39, 0.29) is 16.3 Å². The molecule has 110 valence electrons. The second-order valence-corrected chi connectivity index (χ2v) is 4.49. The first-order valence-electron chi connectivity index (χ1n) is 5.60. The van der Waals surface area contributed by atoms with Gasteiger partial charge in [-0.1, -0.05) is 17.7 Å². The Kier molecular flexibility index (Phi) is 4.04. The maximum atomic E-state index is 13.1. The number of hydrogen-bond acceptors (Lipinski definition) is 2. The summed E-state index contributed by atoms with van der Waals surface area (Å²) in [5.41, 5.74) is -1.01. The Morgan fingerprint density at radius 1 is 1.38 bits per heavy atom. The Balaban J connectivity index is 2.54. The number of rotatable bonds is 3. The molecule has 0 amide bonds. The van der Waals surface area contributed by atoms with Gasteiger partial charge in [-0.25, -0.2) is 9.48 Å². The normalized spacial score (nSPS) is 12.0. The van der Waals surface area contributed by atoms with Crippen LogP contribution in [0.4, 0.5) is 13.2 Å². The van der Waals surface area contributed by atoms with E-state index in [9.17, 15) is 18.0 Å². The minimum absolute atomic E-state index is 0.117. The van der Waals surface area contributed by atoms with Gasteiger partial charge in [0.1, 0.15) is 0 Å². The summed E-state index contributed by atoms with van der Waals surface area (Å²) < 4.78 is 40.3. The fourth-order valence-electron chi connectivity index (χ4n) is 1.68. The number of carboxylic acid groups (broad SMARTS) is 1. The molecule has 1 aromatic heterocycles. The van der Waals surface area contributed by atoms with Crippen LogP contribution < -0.4 is 0 Å². The van der Waals surface area contributed by atoms with Gasteiger partial charge in [0.25, 0.3) is 0 Å². The summed E-state index contributed by atoms with van der Waals surface area (Å²) in [7, 11) is 0. The molecule has 0 saturated heterocycles. The van der Waals surface area contributed by atoms with Gasteiger partial charge in [-0.15, -0.1) is 0 Å². The third-order valence-electron chi connectivity index (χ3n) is 2.54. The number of nitrogens with zero attached hydrogens (tertiary/aromatic N) is 2. The maximum Gasteiger partial charge on any atom is 0.418 e. The Bertz CT molecular complexity index is 708. The zero-order valence-corrected chi connectivity index (χ0v) is 11.1. The predicted octanol–water partition coefficient (Wildman–Crippen LogP) is 3.64. The van der Waals surface area contributed by atoms with Crippen LogP contribution in [0.15, 0.2) is 36.7 Å². The average molecular weight is 317 g/mol. The summed E-state index contributed by atoms with van der Waals surface area (Å²) in [6.07, 6.45) is -0.295. The van der Waals surface area contributed by atoms with E-state index in [1.54, 1.807) is 0 Å². The van der Waals surface area contributed by atoms with E-state index in [1.165, 1.54) is 24.5 Å². The molecule has 0 aliphatic rings. The smallest absolute Gasteiger partial charge is 0.418 e. The largest absolute Gasteiger partial charge is 0.478 e. The lowest BCUT2D eigenvalue weighted by molar-refractivity contribution is -0.137. The van der Waals surface area contributed by atoms with Gasteiger partial charge in [0, 0.05) is 12.3 Å². The first-order valence-corrected chi connectivity index (χ1v) is 5.98. The van der Waals surface area contributed by atoms with E-state index in [2.05, 4.69) is 5.10 Å². The SMILES string of the molecule is O=C(O)/C=C/c1ccc(-n2cc(Cl)cn2)c(C(F)(F)F)c1. The molecule has 0 bridgehead atoms. The highest BCUT2D eigenvalue weighted by atomic mass is 35.5. The highest BCUT2D eigenvalue weighted by Gasteiger charge is 2.34. The van der Waals surface area contributed by atoms with Gasteiger partial charge in [-0.3, -0.25) is 0 Å². The van der Waals surface area contributed by atoms with Gasteiger partial charge in [0.2, 0.25) is 0 Å². The Hall–Kier alpha value is -2.28. The first kappa shape index (κ1) is 15.1. The summed E-state index contributed by atoms with van der Waals surface area (Å²) in [5.74, 6) is -1.24. The molecule has 0 radical (unpaired) electrons. The van der Waals surface area contributed by atoms with Gasteiger partial charge >= 0.3 is 12.1 Å². The third kappa shape index (κ3) is 3.63. The number of carboxylic acids is 1. The number of carbonyl (C=O) groups is 1. The standard InChI is InChI=1S/C13H8ClF3N2O2/c14-9-6-18-19(7-9)11-3-1-8(2-4-12(20)21)5-10(11)13(15,16)17/h1-7H,(H,20,21)/b4-2+. The number of aromatic nitrogens is 2. The van der Waals surface area contributed by atoms with Crippen molar-refractivity contribution in [2.45, 2.75) is 6.18 Å². The Morgan fingerprint density at radius 3 is 2.62 bits per heavy atom. The van der Waals surface area contributed by atoms with E-state index in [0.717, 1.165) is 22.9 Å². The zero-order chi connectivity index (χ0) is 15.6. The van der Waals surface area contributed by atoms with Gasteiger partial charge in [0.05, 0.1) is 22.5 Å². The highest BCUT2D eigenvalue weighted by molar-refractivity contribution is 6.30. The minimum Gasteiger partial charge on any atom is -0.478 e. The Labute approximate surface area is 122 Å². The molecule has 0 fully saturated rings. The number of hydrogen-bond donors (Lipinski definition) is 1. The van der Waals surface area contributed by atoms with Crippen LogP contribution in [0, 0.1) is 0 Å². The van der Waals surface area contributed by atoms with Crippen molar-refractivity contribution in [1.29, 1.82) is 0 Å². The third-order valence-corrected chi connectivity index (χ3v) is 2.74. The lowest BCUT2D eigenvalue weighted by Crippen LogP contribution is -2.11. The maximum absolute atomic E-state index is 13.1. The van der Waals surface area contributed by atoms with E-state index < -0.39 is 17.7 Å². The van der Waals surface area contributed by atoms with Crippen LogP contribution in [0.2, 0.25) is 5.02 Å². The summed E-state index contributed by atoms with van der Waals surface area (Å²) in [6, 6.07) is 3.41. The van der Waals surface area contributed by atoms with Crippen molar-refractivity contribution in [3.05, 3.63) is 52.8 Å². The van der Waals surface area contributed by atoms with Gasteiger partial charge in [-0.05, 0) is 23.8 Å². The molecule has 0 saturated carbocycles. The van der Waals surface area contributed by atoms with Gasteiger partial charge in [0.15, 0.2) is 0 Å². The first-order chi connectivity index (χ1) is 9.77. The summed E-state index contributed by atoms with van der Waals surface area (Å²) >= 11 is 5.65. The number of halogens is 4. The van der Waals surface area contributed by atoms with Crippen molar-refractivity contribution in [3.8, 4) is 5.69 Å². The van der Waals surface area contributed by atoms with E-state index >= 15 is 0 Å². The van der Waals surface area contributed by atoms with E-state index in [1.807, 2.05) is 0 Å². The fourth-order valence-corrected chi connectivity index (χ4v) is 1.82. The van der Waals surface area contributed by atoms with Crippen molar-refractivity contribution >= 4 is 23.6 Å². The zero-order valence-electron chi connectivity index (χ0n) is 10.3. The molecule has 21 heavy (non-hydrogen) atoms. The van der Waals surface area contributed by atoms with E-state index in [0.29, 0.717) is 0 Å². The minimum atomic E-state index is -4.61. The van der Waals surface area contributed by atoms with Crippen LogP contribution in [-0.2, 0) is 11.0 Å². The quantitative estimate of drug-likeness (QED) is 0.880. The molecule has 0 unspecified atom stereocenters. The van der Waals surface area contributed by atoms with Crippen molar-refractivity contribution in [1.82, 2.24) is 9.78 Å². The lowest BCUT2D eigenvalue weighted by Gasteiger charge is -2.13. The molecule has 1 N–H and O–H groups in total. The fraction of sp³-hybridized carbons (Fsp3) is 0.0769. The number of aliphatic carboxylic acids is 1. The molecule has 0 atom stereocenters. The average Bonchev–Trinajstić information content (AvgIpc) is 2.81. The molecule has 0 aliphatic carbocycles. The number of benzene rings is 1. The second kappa shape index (κ2) is 5.61. The summed E-state index contributed by atoms with van der Waals surface area (Å²) in [4.78, 5) is 10.4. The van der Waals surface area contributed by atoms with E-state index in [4.69, 9.17) is 16.7 Å². The van der Waals surface area contributed by atoms with Gasteiger partial charge in [-0.2, -0.15) is 18.3 Å². The van der Waals surface area contributed by atoms with Crippen molar-refractivity contribution in [2.24, 2.45) is 0 Å². The molecule has 0 aliphatic heterocycles. The van der Waals surface area contributed by atoms with Crippen LogP contribution >= 0.6 is 11.6 Å². The summed E-state index contributed by atoms with van der Waals surface area (Å²) in [5, 5.41) is 12.4. The Morgan fingerprint density at radius 2 is 2.10 bits per heavy atom. The topological polar surface area (TPSA) is 55.1 Å². The molecule has 0 spiro atoms. The van der Waals surface area contributed by atoms with Crippen LogP contribution in [0.1, 0.15) is 11.1 Å². The molecule has 2 aromatic rings. The lowest BCUT2D eigenvalue weighted by atomic mass is 10.1. The molecule has 2 rings (SSSR count). The summed E-state index contributed by atoms with van der Waals surface area (Å²) in [6.45, 7) is 0. The van der Waals surface area contributed by atoms with Crippen LogP contribution in [0.25, 0.3) is 11.8 Å². The molecular formula is C13H8ClF3N2O2. The molecule has 8 heteroatoms. The molecular weight excluding hydrogens is 309 g/mol. The molecule has 1 heterocycles. The molecule has 4 nitrogen and oxygen atoms in total. The number of alkyl halides is 3. The van der Waals surface area contributed by atoms with Crippen LogP contribution in [0.3, 0.4) is 0 Å². The van der Waals surface area contributed by atoms with Crippen LogP contribution in [0.5, 0.6) is 0 Å². The highest BCUT2D eigenvalue weighted by Crippen LogP contribution is 2.34. The molecule has 1 aromatic carbocycles. The van der Waals surface area contributed by atoms with Crippen molar-refractivity contribution in [2.75, 3.05) is 0 Å². The monoisotopic (exact) mass is 316 g/mol. The van der Waals surface area contributed by atoms with Crippen molar-refractivity contribution in [3.63, 3.8) is 0 Å².